The maximum atomic E-state index is 13.2. The summed E-state index contributed by atoms with van der Waals surface area (Å²) in [7, 11) is 1.87. The zero-order valence-corrected chi connectivity index (χ0v) is 14.4. The summed E-state index contributed by atoms with van der Waals surface area (Å²) in [6.45, 7) is 2.20. The van der Waals surface area contributed by atoms with E-state index in [-0.39, 0.29) is 17.8 Å². The molecule has 0 spiro atoms. The molecule has 1 heterocycles. The van der Waals surface area contributed by atoms with Crippen LogP contribution in [0.3, 0.4) is 0 Å². The van der Waals surface area contributed by atoms with Gasteiger partial charge in [0, 0.05) is 18.7 Å². The Labute approximate surface area is 147 Å². The quantitative estimate of drug-likeness (QED) is 0.907. The van der Waals surface area contributed by atoms with Crippen molar-refractivity contribution >= 4 is 5.91 Å². The van der Waals surface area contributed by atoms with E-state index in [0.29, 0.717) is 17.9 Å². The second-order valence-corrected chi connectivity index (χ2v) is 6.34. The Kier molecular flexibility index (Phi) is 5.66. The summed E-state index contributed by atoms with van der Waals surface area (Å²) < 4.78 is 18.8. The van der Waals surface area contributed by atoms with Crippen LogP contribution in [0.2, 0.25) is 0 Å². The Morgan fingerprint density at radius 3 is 2.60 bits per heavy atom. The van der Waals surface area contributed by atoms with Crippen LogP contribution in [0.5, 0.6) is 5.75 Å². The second kappa shape index (κ2) is 8.12. The molecular formula is C20H23FN2O2. The molecule has 4 nitrogen and oxygen atoms in total. The lowest BCUT2D eigenvalue weighted by Gasteiger charge is -2.31. The number of ether oxygens (including phenoxy) is 1. The van der Waals surface area contributed by atoms with E-state index in [4.69, 9.17) is 4.74 Å². The number of hydrogen-bond acceptors (Lipinski definition) is 3. The number of rotatable bonds is 5. The highest BCUT2D eigenvalue weighted by atomic mass is 19.1. The number of halogens is 1. The molecule has 1 aliphatic rings. The molecule has 1 aliphatic heterocycles. The van der Waals surface area contributed by atoms with Gasteiger partial charge in [-0.3, -0.25) is 4.79 Å². The number of carbonyl (C=O) groups excluding carboxylic acids is 1. The number of piperidine rings is 1. The van der Waals surface area contributed by atoms with E-state index in [2.05, 4.69) is 5.32 Å². The Morgan fingerprint density at radius 2 is 1.92 bits per heavy atom. The minimum Gasteiger partial charge on any atom is -0.489 e. The third-order valence-corrected chi connectivity index (χ3v) is 4.57. The third-order valence-electron chi connectivity index (χ3n) is 4.57. The summed E-state index contributed by atoms with van der Waals surface area (Å²) in [6, 6.07) is 13.7. The first kappa shape index (κ1) is 17.4. The van der Waals surface area contributed by atoms with E-state index in [1.807, 2.05) is 18.0 Å². The topological polar surface area (TPSA) is 41.6 Å². The SMILES string of the molecule is CN(C(=O)c1ccc(OCc2cccc(F)c2)cc1)C1CCNCC1. The molecule has 5 heteroatoms. The zero-order valence-electron chi connectivity index (χ0n) is 14.4. The predicted molar refractivity (Wildman–Crippen MR) is 95.2 cm³/mol. The van der Waals surface area contributed by atoms with Gasteiger partial charge >= 0.3 is 0 Å². The van der Waals surface area contributed by atoms with Crippen molar-refractivity contribution in [2.24, 2.45) is 0 Å². The van der Waals surface area contributed by atoms with Crippen LogP contribution in [0, 0.1) is 5.82 Å². The summed E-state index contributed by atoms with van der Waals surface area (Å²) in [6.07, 6.45) is 1.97. The molecule has 25 heavy (non-hydrogen) atoms. The van der Waals surface area contributed by atoms with Gasteiger partial charge in [-0.25, -0.2) is 4.39 Å². The molecule has 0 aliphatic carbocycles. The fourth-order valence-electron chi connectivity index (χ4n) is 3.05. The molecule has 132 valence electrons. The van der Waals surface area contributed by atoms with Crippen molar-refractivity contribution in [3.8, 4) is 5.75 Å². The van der Waals surface area contributed by atoms with Gasteiger partial charge in [-0.2, -0.15) is 0 Å². The highest BCUT2D eigenvalue weighted by Gasteiger charge is 2.22. The van der Waals surface area contributed by atoms with Crippen molar-refractivity contribution in [1.29, 1.82) is 0 Å². The molecule has 0 bridgehead atoms. The smallest absolute Gasteiger partial charge is 0.253 e. The van der Waals surface area contributed by atoms with Gasteiger partial charge in [-0.05, 0) is 67.9 Å². The normalized spacial score (nSPS) is 15.0. The van der Waals surface area contributed by atoms with Gasteiger partial charge in [0.15, 0.2) is 0 Å². The summed E-state index contributed by atoms with van der Waals surface area (Å²) in [4.78, 5) is 14.4. The molecule has 0 radical (unpaired) electrons. The van der Waals surface area contributed by atoms with Gasteiger partial charge in [0.25, 0.3) is 5.91 Å². The second-order valence-electron chi connectivity index (χ2n) is 6.34. The predicted octanol–water partition coefficient (Wildman–Crippen LogP) is 3.23. The third kappa shape index (κ3) is 4.57. The van der Waals surface area contributed by atoms with E-state index in [1.54, 1.807) is 30.3 Å². The van der Waals surface area contributed by atoms with Gasteiger partial charge in [0.05, 0.1) is 0 Å². The van der Waals surface area contributed by atoms with Crippen molar-refractivity contribution in [2.45, 2.75) is 25.5 Å². The van der Waals surface area contributed by atoms with Gasteiger partial charge in [0.2, 0.25) is 0 Å². The molecule has 2 aromatic rings. The van der Waals surface area contributed by atoms with Crippen LogP contribution in [0.1, 0.15) is 28.8 Å². The first-order chi connectivity index (χ1) is 12.1. The molecule has 3 rings (SSSR count). The molecule has 2 aromatic carbocycles. The van der Waals surface area contributed by atoms with Crippen LogP contribution in [0.4, 0.5) is 4.39 Å². The van der Waals surface area contributed by atoms with E-state index in [9.17, 15) is 9.18 Å². The summed E-state index contributed by atoms with van der Waals surface area (Å²) in [5.74, 6) is 0.414. The average molecular weight is 342 g/mol. The molecule has 0 aromatic heterocycles. The van der Waals surface area contributed by atoms with Gasteiger partial charge < -0.3 is 15.0 Å². The van der Waals surface area contributed by atoms with Crippen LogP contribution in [-0.4, -0.2) is 37.0 Å². The summed E-state index contributed by atoms with van der Waals surface area (Å²) in [5.41, 5.74) is 1.42. The van der Waals surface area contributed by atoms with Crippen molar-refractivity contribution < 1.29 is 13.9 Å². The van der Waals surface area contributed by atoms with E-state index >= 15 is 0 Å². The van der Waals surface area contributed by atoms with Crippen molar-refractivity contribution in [3.05, 3.63) is 65.5 Å². The Hall–Kier alpha value is -2.40. The maximum Gasteiger partial charge on any atom is 0.253 e. The zero-order chi connectivity index (χ0) is 17.6. The summed E-state index contributed by atoms with van der Waals surface area (Å²) >= 11 is 0. The first-order valence-corrected chi connectivity index (χ1v) is 8.58. The molecular weight excluding hydrogens is 319 g/mol. The van der Waals surface area contributed by atoms with Crippen LogP contribution >= 0.6 is 0 Å². The minimum atomic E-state index is -0.275. The minimum absolute atomic E-state index is 0.0311. The molecule has 1 fully saturated rings. The molecule has 1 saturated heterocycles. The van der Waals surface area contributed by atoms with E-state index in [1.165, 1.54) is 12.1 Å². The average Bonchev–Trinajstić information content (AvgIpc) is 2.66. The van der Waals surface area contributed by atoms with Crippen LogP contribution in [0.25, 0.3) is 0 Å². The van der Waals surface area contributed by atoms with E-state index in [0.717, 1.165) is 31.5 Å². The number of carbonyl (C=O) groups is 1. The van der Waals surface area contributed by atoms with Crippen LogP contribution < -0.4 is 10.1 Å². The molecule has 0 saturated carbocycles. The fraction of sp³-hybridized carbons (Fsp3) is 0.350. The van der Waals surface area contributed by atoms with E-state index < -0.39 is 0 Å². The largest absolute Gasteiger partial charge is 0.489 e. The van der Waals surface area contributed by atoms with Crippen LogP contribution in [-0.2, 0) is 6.61 Å². The molecule has 1 amide bonds. The maximum absolute atomic E-state index is 13.2. The lowest BCUT2D eigenvalue weighted by Crippen LogP contribution is -2.43. The number of benzene rings is 2. The monoisotopic (exact) mass is 342 g/mol. The standard InChI is InChI=1S/C20H23FN2O2/c1-23(18-9-11-22-12-10-18)20(24)16-5-7-19(8-6-16)25-14-15-3-2-4-17(21)13-15/h2-8,13,18,22H,9-12,14H2,1H3. The number of nitrogens with zero attached hydrogens (tertiary/aromatic N) is 1. The molecule has 0 atom stereocenters. The Bertz CT molecular complexity index is 712. The highest BCUT2D eigenvalue weighted by molar-refractivity contribution is 5.94. The number of amides is 1. The van der Waals surface area contributed by atoms with Crippen molar-refractivity contribution in [2.75, 3.05) is 20.1 Å². The van der Waals surface area contributed by atoms with Crippen molar-refractivity contribution in [1.82, 2.24) is 10.2 Å². The first-order valence-electron chi connectivity index (χ1n) is 8.58. The lowest BCUT2D eigenvalue weighted by atomic mass is 10.0. The van der Waals surface area contributed by atoms with Gasteiger partial charge in [-0.1, -0.05) is 12.1 Å². The molecule has 1 N–H and O–H groups in total. The fourth-order valence-corrected chi connectivity index (χ4v) is 3.05. The lowest BCUT2D eigenvalue weighted by molar-refractivity contribution is 0.0703. The number of hydrogen-bond donors (Lipinski definition) is 1. The molecule has 0 unspecified atom stereocenters. The summed E-state index contributed by atoms with van der Waals surface area (Å²) in [5, 5.41) is 3.31. The van der Waals surface area contributed by atoms with Gasteiger partial charge in [-0.15, -0.1) is 0 Å². The Morgan fingerprint density at radius 1 is 1.20 bits per heavy atom. The van der Waals surface area contributed by atoms with Crippen molar-refractivity contribution in [3.63, 3.8) is 0 Å². The van der Waals surface area contributed by atoms with Crippen LogP contribution in [0.15, 0.2) is 48.5 Å². The van der Waals surface area contributed by atoms with Gasteiger partial charge in [0.1, 0.15) is 18.2 Å². The highest BCUT2D eigenvalue weighted by Crippen LogP contribution is 2.18. The Balaban J connectivity index is 1.58. The number of nitrogens with one attached hydrogen (secondary N) is 1.